The second kappa shape index (κ2) is 5.83. The van der Waals surface area contributed by atoms with Gasteiger partial charge in [0.1, 0.15) is 0 Å². The summed E-state index contributed by atoms with van der Waals surface area (Å²) in [5, 5.41) is 0. The summed E-state index contributed by atoms with van der Waals surface area (Å²) in [6.07, 6.45) is 3.92. The van der Waals surface area contributed by atoms with Crippen LogP contribution in [0.4, 0.5) is 0 Å². The number of hydrogen-bond donors (Lipinski definition) is 2. The maximum Gasteiger partial charge on any atom is 0.222 e. The maximum absolute atomic E-state index is 12.1. The molecule has 0 aliphatic heterocycles. The quantitative estimate of drug-likeness (QED) is 0.752. The Morgan fingerprint density at radius 2 is 2.06 bits per heavy atom. The number of amides is 1. The summed E-state index contributed by atoms with van der Waals surface area (Å²) in [5.74, 6) is 0.583. The number of rotatable bonds is 5. The van der Waals surface area contributed by atoms with Crippen molar-refractivity contribution < 1.29 is 4.79 Å². The van der Waals surface area contributed by atoms with Crippen LogP contribution in [-0.4, -0.2) is 37.0 Å². The van der Waals surface area contributed by atoms with Crippen molar-refractivity contribution in [2.24, 2.45) is 22.8 Å². The Hall–Kier alpha value is -0.610. The maximum atomic E-state index is 12.1. The molecule has 0 aromatic heterocycles. The molecule has 1 aliphatic rings. The SMILES string of the molecule is CN(CC(C)(C)CN)C(=O)C[C@@H]1CCC[C@H]1N. The summed E-state index contributed by atoms with van der Waals surface area (Å²) in [4.78, 5) is 13.9. The molecule has 1 aliphatic carbocycles. The van der Waals surface area contributed by atoms with Gasteiger partial charge in [-0.3, -0.25) is 4.79 Å². The van der Waals surface area contributed by atoms with E-state index in [1.54, 1.807) is 4.90 Å². The molecule has 4 heteroatoms. The molecular weight excluding hydrogens is 214 g/mol. The minimum absolute atomic E-state index is 0.0117. The summed E-state index contributed by atoms with van der Waals surface area (Å²) in [7, 11) is 1.86. The van der Waals surface area contributed by atoms with Crippen LogP contribution in [0, 0.1) is 11.3 Å². The molecule has 1 fully saturated rings. The van der Waals surface area contributed by atoms with E-state index in [2.05, 4.69) is 13.8 Å². The third kappa shape index (κ3) is 4.28. The highest BCUT2D eigenvalue weighted by atomic mass is 16.2. The Balaban J connectivity index is 2.41. The number of nitrogens with two attached hydrogens (primary N) is 2. The Kier molecular flexibility index (Phi) is 4.95. The highest BCUT2D eigenvalue weighted by molar-refractivity contribution is 5.76. The van der Waals surface area contributed by atoms with E-state index >= 15 is 0 Å². The van der Waals surface area contributed by atoms with Gasteiger partial charge in [0.2, 0.25) is 5.91 Å². The van der Waals surface area contributed by atoms with E-state index in [4.69, 9.17) is 11.5 Å². The second-order valence-electron chi connectivity index (χ2n) is 6.18. The molecule has 1 saturated carbocycles. The van der Waals surface area contributed by atoms with E-state index < -0.39 is 0 Å². The minimum Gasteiger partial charge on any atom is -0.345 e. The standard InChI is InChI=1S/C13H27N3O/c1-13(2,8-14)9-16(3)12(17)7-10-5-4-6-11(10)15/h10-11H,4-9,14-15H2,1-3H3/t10-,11+/m0/s1. The Morgan fingerprint density at radius 3 is 2.53 bits per heavy atom. The molecule has 17 heavy (non-hydrogen) atoms. The van der Waals surface area contributed by atoms with Crippen LogP contribution >= 0.6 is 0 Å². The zero-order valence-electron chi connectivity index (χ0n) is 11.4. The van der Waals surface area contributed by atoms with Crippen molar-refractivity contribution in [3.63, 3.8) is 0 Å². The van der Waals surface area contributed by atoms with Gasteiger partial charge in [0.15, 0.2) is 0 Å². The van der Waals surface area contributed by atoms with Crippen molar-refractivity contribution in [1.82, 2.24) is 4.90 Å². The van der Waals surface area contributed by atoms with Crippen LogP contribution in [0.25, 0.3) is 0 Å². The third-order valence-electron chi connectivity index (χ3n) is 3.80. The number of carbonyl (C=O) groups is 1. The normalized spacial score (nSPS) is 25.0. The lowest BCUT2D eigenvalue weighted by Gasteiger charge is -2.30. The lowest BCUT2D eigenvalue weighted by atomic mass is 9.92. The molecule has 0 unspecified atom stereocenters. The van der Waals surface area contributed by atoms with Gasteiger partial charge in [-0.15, -0.1) is 0 Å². The lowest BCUT2D eigenvalue weighted by molar-refractivity contribution is -0.132. The fraction of sp³-hybridized carbons (Fsp3) is 0.923. The summed E-state index contributed by atoms with van der Waals surface area (Å²) in [6, 6.07) is 0.217. The molecule has 2 atom stereocenters. The summed E-state index contributed by atoms with van der Waals surface area (Å²) in [5.41, 5.74) is 11.7. The van der Waals surface area contributed by atoms with E-state index in [0.29, 0.717) is 25.4 Å². The molecule has 4 nitrogen and oxygen atoms in total. The first-order chi connectivity index (χ1) is 7.85. The van der Waals surface area contributed by atoms with Crippen molar-refractivity contribution in [1.29, 1.82) is 0 Å². The van der Waals surface area contributed by atoms with Crippen LogP contribution in [0.3, 0.4) is 0 Å². The van der Waals surface area contributed by atoms with Crippen molar-refractivity contribution in [2.75, 3.05) is 20.1 Å². The fourth-order valence-corrected chi connectivity index (χ4v) is 2.49. The molecule has 0 spiro atoms. The average Bonchev–Trinajstić information content (AvgIpc) is 2.64. The Labute approximate surface area is 105 Å². The molecule has 1 rings (SSSR count). The molecule has 0 saturated heterocycles. The molecule has 0 bridgehead atoms. The second-order valence-corrected chi connectivity index (χ2v) is 6.18. The Bertz CT molecular complexity index is 265. The molecule has 0 radical (unpaired) electrons. The molecule has 0 aromatic carbocycles. The van der Waals surface area contributed by atoms with Gasteiger partial charge >= 0.3 is 0 Å². The summed E-state index contributed by atoms with van der Waals surface area (Å²) >= 11 is 0. The average molecular weight is 241 g/mol. The summed E-state index contributed by atoms with van der Waals surface area (Å²) in [6.45, 7) is 5.47. The van der Waals surface area contributed by atoms with Gasteiger partial charge in [0.05, 0.1) is 0 Å². The molecule has 4 N–H and O–H groups in total. The van der Waals surface area contributed by atoms with Crippen LogP contribution in [0.5, 0.6) is 0 Å². The molecular formula is C13H27N3O. The van der Waals surface area contributed by atoms with E-state index in [1.807, 2.05) is 7.05 Å². The fourth-order valence-electron chi connectivity index (χ4n) is 2.49. The third-order valence-corrected chi connectivity index (χ3v) is 3.80. The van der Waals surface area contributed by atoms with Gasteiger partial charge in [-0.2, -0.15) is 0 Å². The van der Waals surface area contributed by atoms with Gasteiger partial charge in [-0.25, -0.2) is 0 Å². The topological polar surface area (TPSA) is 72.3 Å². The van der Waals surface area contributed by atoms with Crippen LogP contribution in [0.15, 0.2) is 0 Å². The van der Waals surface area contributed by atoms with E-state index in [9.17, 15) is 4.79 Å². The first-order valence-electron chi connectivity index (χ1n) is 6.55. The van der Waals surface area contributed by atoms with Gasteiger partial charge in [-0.05, 0) is 30.7 Å². The lowest BCUT2D eigenvalue weighted by Crippen LogP contribution is -2.41. The molecule has 0 heterocycles. The van der Waals surface area contributed by atoms with Crippen LogP contribution < -0.4 is 11.5 Å². The predicted octanol–water partition coefficient (Wildman–Crippen LogP) is 0.947. The number of nitrogens with zero attached hydrogens (tertiary/aromatic N) is 1. The van der Waals surface area contributed by atoms with Crippen molar-refractivity contribution >= 4 is 5.91 Å². The Morgan fingerprint density at radius 1 is 1.41 bits per heavy atom. The van der Waals surface area contributed by atoms with Gasteiger partial charge in [-0.1, -0.05) is 20.3 Å². The molecule has 0 aromatic rings. The first kappa shape index (κ1) is 14.5. The molecule has 1 amide bonds. The zero-order valence-corrected chi connectivity index (χ0v) is 11.4. The van der Waals surface area contributed by atoms with Crippen LogP contribution in [0.1, 0.15) is 39.5 Å². The van der Waals surface area contributed by atoms with Crippen molar-refractivity contribution in [3.05, 3.63) is 0 Å². The summed E-state index contributed by atoms with van der Waals surface area (Å²) < 4.78 is 0. The van der Waals surface area contributed by atoms with Crippen molar-refractivity contribution in [2.45, 2.75) is 45.6 Å². The first-order valence-corrected chi connectivity index (χ1v) is 6.55. The minimum atomic E-state index is -0.0117. The van der Waals surface area contributed by atoms with E-state index in [1.165, 1.54) is 0 Å². The largest absolute Gasteiger partial charge is 0.345 e. The number of carbonyl (C=O) groups excluding carboxylic acids is 1. The predicted molar refractivity (Wildman–Crippen MR) is 70.4 cm³/mol. The van der Waals surface area contributed by atoms with E-state index in [0.717, 1.165) is 19.3 Å². The van der Waals surface area contributed by atoms with Crippen molar-refractivity contribution in [3.8, 4) is 0 Å². The van der Waals surface area contributed by atoms with Crippen LogP contribution in [0.2, 0.25) is 0 Å². The highest BCUT2D eigenvalue weighted by Gasteiger charge is 2.28. The van der Waals surface area contributed by atoms with Gasteiger partial charge in [0.25, 0.3) is 0 Å². The van der Waals surface area contributed by atoms with E-state index in [-0.39, 0.29) is 17.4 Å². The molecule has 100 valence electrons. The smallest absolute Gasteiger partial charge is 0.222 e. The van der Waals surface area contributed by atoms with Gasteiger partial charge in [0, 0.05) is 26.1 Å². The van der Waals surface area contributed by atoms with Gasteiger partial charge < -0.3 is 16.4 Å². The highest BCUT2D eigenvalue weighted by Crippen LogP contribution is 2.27. The number of hydrogen-bond acceptors (Lipinski definition) is 3. The van der Waals surface area contributed by atoms with Crippen LogP contribution in [-0.2, 0) is 4.79 Å². The zero-order chi connectivity index (χ0) is 13.1. The monoisotopic (exact) mass is 241 g/mol.